The van der Waals surface area contributed by atoms with E-state index in [0.29, 0.717) is 159 Å². The minimum Gasteiger partial charge on any atom is -0.414 e. The molecule has 0 aliphatic heterocycles. The first-order valence-corrected chi connectivity index (χ1v) is 24.7. The van der Waals surface area contributed by atoms with Gasteiger partial charge in [0.05, 0.1) is 159 Å². The quantitative estimate of drug-likeness (QED) is 0.0604. The summed E-state index contributed by atoms with van der Waals surface area (Å²) in [5.41, 5.74) is 0. The average Bonchev–Trinajstić information content (AvgIpc) is 3.05. The number of ether oxygens (including phenoxy) is 11. The van der Waals surface area contributed by atoms with Gasteiger partial charge in [-0.2, -0.15) is 0 Å². The normalized spacial score (nSPS) is 13.1. The molecule has 0 spiro atoms. The molecule has 15 heteroatoms. The van der Waals surface area contributed by atoms with Gasteiger partial charge in [0.25, 0.3) is 0 Å². The zero-order chi connectivity index (χ0) is 38.2. The molecule has 0 saturated carbocycles. The molecule has 308 valence electrons. The van der Waals surface area contributed by atoms with E-state index in [-0.39, 0.29) is 10.1 Å². The maximum Gasteiger partial charge on any atom is 0.192 e. The highest BCUT2D eigenvalue weighted by molar-refractivity contribution is 6.74. The van der Waals surface area contributed by atoms with Gasteiger partial charge in [-0.3, -0.25) is 0 Å². The molecule has 0 fully saturated rings. The predicted octanol–water partition coefficient (Wildman–Crippen LogP) is 5.21. The average molecular weight is 775 g/mol. The first-order valence-electron chi connectivity index (χ1n) is 18.8. The van der Waals surface area contributed by atoms with Crippen LogP contribution in [0.4, 0.5) is 0 Å². The molecule has 0 aromatic rings. The van der Waals surface area contributed by atoms with E-state index in [1.807, 2.05) is 0 Å². The van der Waals surface area contributed by atoms with Crippen LogP contribution in [0, 0.1) is 0 Å². The Morgan fingerprint density at radius 1 is 0.235 bits per heavy atom. The zero-order valence-electron chi connectivity index (χ0n) is 34.3. The molecule has 0 atom stereocenters. The van der Waals surface area contributed by atoms with Crippen LogP contribution in [-0.4, -0.2) is 175 Å². The van der Waals surface area contributed by atoms with Crippen molar-refractivity contribution in [3.63, 3.8) is 0 Å². The van der Waals surface area contributed by atoms with Gasteiger partial charge in [-0.05, 0) is 36.3 Å². The van der Waals surface area contributed by atoms with Crippen LogP contribution in [-0.2, 0) is 61.0 Å². The molecule has 0 aromatic carbocycles. The van der Waals surface area contributed by atoms with Gasteiger partial charge in [-0.1, -0.05) is 41.5 Å². The van der Waals surface area contributed by atoms with Crippen molar-refractivity contribution >= 4 is 16.6 Å². The van der Waals surface area contributed by atoms with E-state index in [2.05, 4.69) is 67.7 Å². The highest BCUT2D eigenvalue weighted by Crippen LogP contribution is 2.37. The SMILES string of the molecule is CC(C)(C)[Si](C)(C)OCCOCCOCCOCCOCCOCCOCCOCCOCCOCCOCCOCCO[Si](C)(C)C(C)(C)C. The first-order chi connectivity index (χ1) is 24.2. The first kappa shape index (κ1) is 50.9. The van der Waals surface area contributed by atoms with Gasteiger partial charge in [-0.25, -0.2) is 0 Å². The standard InChI is InChI=1S/C36H78O13Si2/c1-35(2,3)50(7,8)48-33-31-46-29-27-44-25-23-42-21-19-40-17-15-38-13-11-37-12-14-39-16-18-41-20-22-43-24-26-45-28-30-47-32-34-49-51(9,10)36(4,5)6/h11-34H2,1-10H3. The molecule has 0 aliphatic carbocycles. The van der Waals surface area contributed by atoms with Crippen molar-refractivity contribution in [3.8, 4) is 0 Å². The summed E-state index contributed by atoms with van der Waals surface area (Å²) in [5.74, 6) is 0. The lowest BCUT2D eigenvalue weighted by Crippen LogP contribution is -2.41. The van der Waals surface area contributed by atoms with Gasteiger partial charge in [0.2, 0.25) is 0 Å². The van der Waals surface area contributed by atoms with Gasteiger partial charge < -0.3 is 61.0 Å². The van der Waals surface area contributed by atoms with Crippen molar-refractivity contribution in [2.24, 2.45) is 0 Å². The van der Waals surface area contributed by atoms with Crippen LogP contribution >= 0.6 is 0 Å². The van der Waals surface area contributed by atoms with Gasteiger partial charge >= 0.3 is 0 Å². The van der Waals surface area contributed by atoms with Gasteiger partial charge in [-0.15, -0.1) is 0 Å². The summed E-state index contributed by atoms with van der Waals surface area (Å²) in [4.78, 5) is 0. The molecule has 0 aliphatic rings. The zero-order valence-corrected chi connectivity index (χ0v) is 36.3. The van der Waals surface area contributed by atoms with Crippen LogP contribution in [0.25, 0.3) is 0 Å². The third kappa shape index (κ3) is 31.9. The number of hydrogen-bond donors (Lipinski definition) is 0. The Morgan fingerprint density at radius 3 is 0.471 bits per heavy atom. The highest BCUT2D eigenvalue weighted by atomic mass is 28.4. The Bertz CT molecular complexity index is 690. The summed E-state index contributed by atoms with van der Waals surface area (Å²) >= 11 is 0. The summed E-state index contributed by atoms with van der Waals surface area (Å²) in [6.07, 6.45) is 0. The molecule has 0 N–H and O–H groups in total. The minimum atomic E-state index is -1.70. The Hall–Kier alpha value is -0.0862. The topological polar surface area (TPSA) is 120 Å². The Labute approximate surface area is 313 Å². The molecule has 0 heterocycles. The van der Waals surface area contributed by atoms with Crippen LogP contribution in [0.5, 0.6) is 0 Å². The fourth-order valence-corrected chi connectivity index (χ4v) is 5.50. The molecule has 51 heavy (non-hydrogen) atoms. The molecular weight excluding hydrogens is 697 g/mol. The molecule has 13 nitrogen and oxygen atoms in total. The summed E-state index contributed by atoms with van der Waals surface area (Å²) in [7, 11) is -3.40. The molecule has 0 radical (unpaired) electrons. The monoisotopic (exact) mass is 774 g/mol. The molecular formula is C36H78O13Si2. The Morgan fingerprint density at radius 2 is 0.353 bits per heavy atom. The second-order valence-electron chi connectivity index (χ2n) is 15.0. The van der Waals surface area contributed by atoms with E-state index >= 15 is 0 Å². The van der Waals surface area contributed by atoms with Crippen molar-refractivity contribution in [2.45, 2.75) is 77.8 Å². The van der Waals surface area contributed by atoms with E-state index in [1.54, 1.807) is 0 Å². The van der Waals surface area contributed by atoms with Crippen molar-refractivity contribution in [2.75, 3.05) is 159 Å². The predicted molar refractivity (Wildman–Crippen MR) is 205 cm³/mol. The van der Waals surface area contributed by atoms with Crippen LogP contribution in [0.15, 0.2) is 0 Å². The van der Waals surface area contributed by atoms with E-state index in [9.17, 15) is 0 Å². The lowest BCUT2D eigenvalue weighted by atomic mass is 10.2. The van der Waals surface area contributed by atoms with Crippen molar-refractivity contribution < 1.29 is 61.0 Å². The van der Waals surface area contributed by atoms with Crippen molar-refractivity contribution in [3.05, 3.63) is 0 Å². The molecule has 0 saturated heterocycles. The van der Waals surface area contributed by atoms with Crippen LogP contribution in [0.1, 0.15) is 41.5 Å². The molecule has 0 unspecified atom stereocenters. The summed E-state index contributed by atoms with van der Waals surface area (Å²) in [6.45, 7) is 35.4. The van der Waals surface area contributed by atoms with E-state index in [1.165, 1.54) is 0 Å². The largest absolute Gasteiger partial charge is 0.414 e. The fourth-order valence-electron chi connectivity index (χ4n) is 3.45. The van der Waals surface area contributed by atoms with E-state index in [0.717, 1.165) is 0 Å². The van der Waals surface area contributed by atoms with Crippen molar-refractivity contribution in [1.29, 1.82) is 0 Å². The van der Waals surface area contributed by atoms with Crippen molar-refractivity contribution in [1.82, 2.24) is 0 Å². The third-order valence-corrected chi connectivity index (χ3v) is 17.8. The summed E-state index contributed by atoms with van der Waals surface area (Å²) < 4.78 is 73.0. The van der Waals surface area contributed by atoms with Crippen LogP contribution in [0.2, 0.25) is 36.3 Å². The number of hydrogen-bond acceptors (Lipinski definition) is 13. The van der Waals surface area contributed by atoms with Gasteiger partial charge in [0.15, 0.2) is 16.6 Å². The summed E-state index contributed by atoms with van der Waals surface area (Å²) in [6, 6.07) is 0. The van der Waals surface area contributed by atoms with Crippen LogP contribution < -0.4 is 0 Å². The lowest BCUT2D eigenvalue weighted by Gasteiger charge is -2.36. The lowest BCUT2D eigenvalue weighted by molar-refractivity contribution is -0.0280. The van der Waals surface area contributed by atoms with Crippen LogP contribution in [0.3, 0.4) is 0 Å². The summed E-state index contributed by atoms with van der Waals surface area (Å²) in [5, 5.41) is 0.433. The van der Waals surface area contributed by atoms with E-state index in [4.69, 9.17) is 61.0 Å². The van der Waals surface area contributed by atoms with E-state index < -0.39 is 16.6 Å². The van der Waals surface area contributed by atoms with Gasteiger partial charge in [0, 0.05) is 0 Å². The molecule has 0 amide bonds. The molecule has 0 bridgehead atoms. The maximum absolute atomic E-state index is 6.08. The highest BCUT2D eigenvalue weighted by Gasteiger charge is 2.37. The molecule has 0 rings (SSSR count). The maximum atomic E-state index is 6.08. The third-order valence-electron chi connectivity index (χ3n) is 8.71. The Balaban J connectivity index is 3.18. The second-order valence-corrected chi connectivity index (χ2v) is 24.6. The minimum absolute atomic E-state index is 0.216. The Kier molecular flexibility index (Phi) is 32.1. The number of rotatable bonds is 38. The molecule has 0 aromatic heterocycles. The van der Waals surface area contributed by atoms with Gasteiger partial charge in [0.1, 0.15) is 0 Å². The second kappa shape index (κ2) is 32.2. The fraction of sp³-hybridized carbons (Fsp3) is 1.00. The smallest absolute Gasteiger partial charge is 0.192 e.